The van der Waals surface area contributed by atoms with Gasteiger partial charge in [-0.1, -0.05) is 56.6 Å². The minimum absolute atomic E-state index is 0.0599. The average Bonchev–Trinajstić information content (AvgIpc) is 3.01. The highest BCUT2D eigenvalue weighted by Gasteiger charge is 2.17. The minimum Gasteiger partial charge on any atom is -0.419 e. The first-order valence-electron chi connectivity index (χ1n) is 7.85. The molecule has 3 rings (SSSR count). The SMILES string of the molecule is CC(C)(C)c1ccccc1NCc1nnc(-c2cccc(Cl)c2)o1. The first-order chi connectivity index (χ1) is 11.4. The molecule has 5 heteroatoms. The van der Waals surface area contributed by atoms with Crippen LogP contribution in [0.3, 0.4) is 0 Å². The minimum atomic E-state index is 0.0599. The zero-order chi connectivity index (χ0) is 17.2. The van der Waals surface area contributed by atoms with E-state index >= 15 is 0 Å². The molecule has 0 unspecified atom stereocenters. The molecule has 3 aromatic rings. The number of para-hydroxylation sites is 1. The van der Waals surface area contributed by atoms with E-state index in [2.05, 4.69) is 54.5 Å². The lowest BCUT2D eigenvalue weighted by Gasteiger charge is -2.23. The molecule has 0 bridgehead atoms. The molecule has 0 amide bonds. The summed E-state index contributed by atoms with van der Waals surface area (Å²) in [5.74, 6) is 1.01. The van der Waals surface area contributed by atoms with Gasteiger partial charge in [0, 0.05) is 16.3 Å². The molecular formula is C19H20ClN3O. The predicted octanol–water partition coefficient (Wildman–Crippen LogP) is 5.30. The van der Waals surface area contributed by atoms with E-state index < -0.39 is 0 Å². The maximum atomic E-state index is 6.00. The zero-order valence-corrected chi connectivity index (χ0v) is 14.8. The molecule has 124 valence electrons. The Morgan fingerprint density at radius 3 is 2.58 bits per heavy atom. The van der Waals surface area contributed by atoms with Gasteiger partial charge in [0.25, 0.3) is 0 Å². The summed E-state index contributed by atoms with van der Waals surface area (Å²) >= 11 is 6.00. The van der Waals surface area contributed by atoms with E-state index in [0.717, 1.165) is 11.3 Å². The summed E-state index contributed by atoms with van der Waals surface area (Å²) < 4.78 is 5.73. The van der Waals surface area contributed by atoms with Gasteiger partial charge >= 0.3 is 0 Å². The molecule has 1 heterocycles. The summed E-state index contributed by atoms with van der Waals surface area (Å²) in [4.78, 5) is 0. The molecule has 0 saturated heterocycles. The van der Waals surface area contributed by atoms with Crippen molar-refractivity contribution in [1.82, 2.24) is 10.2 Å². The second-order valence-corrected chi connectivity index (χ2v) is 7.10. The zero-order valence-electron chi connectivity index (χ0n) is 14.0. The fourth-order valence-electron chi connectivity index (χ4n) is 2.53. The fraction of sp³-hybridized carbons (Fsp3) is 0.263. The molecule has 4 nitrogen and oxygen atoms in total. The van der Waals surface area contributed by atoms with Crippen molar-refractivity contribution < 1.29 is 4.42 Å². The summed E-state index contributed by atoms with van der Waals surface area (Å²) in [5.41, 5.74) is 3.20. The Kier molecular flexibility index (Phi) is 4.58. The molecule has 2 aromatic carbocycles. The number of aromatic nitrogens is 2. The van der Waals surface area contributed by atoms with Crippen LogP contribution in [0.5, 0.6) is 0 Å². The molecule has 0 spiro atoms. The lowest BCUT2D eigenvalue weighted by atomic mass is 9.86. The van der Waals surface area contributed by atoms with Crippen molar-refractivity contribution in [2.45, 2.75) is 32.7 Å². The van der Waals surface area contributed by atoms with Crippen molar-refractivity contribution in [3.63, 3.8) is 0 Å². The third-order valence-corrected chi connectivity index (χ3v) is 3.94. The van der Waals surface area contributed by atoms with Crippen LogP contribution in [0, 0.1) is 0 Å². The Bertz CT molecular complexity index is 836. The van der Waals surface area contributed by atoms with Crippen LogP contribution >= 0.6 is 11.6 Å². The van der Waals surface area contributed by atoms with Gasteiger partial charge in [-0.2, -0.15) is 0 Å². The van der Waals surface area contributed by atoms with Crippen molar-refractivity contribution in [2.24, 2.45) is 0 Å². The average molecular weight is 342 g/mol. The Hall–Kier alpha value is -2.33. The first kappa shape index (κ1) is 16.5. The van der Waals surface area contributed by atoms with Crippen molar-refractivity contribution >= 4 is 17.3 Å². The van der Waals surface area contributed by atoms with Gasteiger partial charge in [0.15, 0.2) is 0 Å². The van der Waals surface area contributed by atoms with Crippen LogP contribution in [0.25, 0.3) is 11.5 Å². The van der Waals surface area contributed by atoms with E-state index in [1.165, 1.54) is 5.56 Å². The summed E-state index contributed by atoms with van der Waals surface area (Å²) in [7, 11) is 0. The number of rotatable bonds is 4. The van der Waals surface area contributed by atoms with Crippen LogP contribution in [0.15, 0.2) is 52.9 Å². The van der Waals surface area contributed by atoms with E-state index in [9.17, 15) is 0 Å². The van der Waals surface area contributed by atoms with Crippen LogP contribution in [-0.2, 0) is 12.0 Å². The van der Waals surface area contributed by atoms with Crippen LogP contribution in [0.4, 0.5) is 5.69 Å². The maximum absolute atomic E-state index is 6.00. The highest BCUT2D eigenvalue weighted by molar-refractivity contribution is 6.30. The van der Waals surface area contributed by atoms with Gasteiger partial charge in [0.05, 0.1) is 6.54 Å². The van der Waals surface area contributed by atoms with Crippen LogP contribution in [0.2, 0.25) is 5.02 Å². The molecule has 0 aliphatic heterocycles. The largest absolute Gasteiger partial charge is 0.419 e. The molecule has 0 aliphatic rings. The van der Waals surface area contributed by atoms with E-state index in [-0.39, 0.29) is 5.41 Å². The maximum Gasteiger partial charge on any atom is 0.247 e. The Morgan fingerprint density at radius 1 is 1.04 bits per heavy atom. The first-order valence-corrected chi connectivity index (χ1v) is 8.23. The number of nitrogens with zero attached hydrogens (tertiary/aromatic N) is 2. The smallest absolute Gasteiger partial charge is 0.247 e. The van der Waals surface area contributed by atoms with Gasteiger partial charge in [0.2, 0.25) is 11.8 Å². The standard InChI is InChI=1S/C19H20ClN3O/c1-19(2,3)15-9-4-5-10-16(15)21-12-17-22-23-18(24-17)13-7-6-8-14(20)11-13/h4-11,21H,12H2,1-3H3. The molecule has 0 saturated carbocycles. The number of hydrogen-bond donors (Lipinski definition) is 1. The number of nitrogens with one attached hydrogen (secondary N) is 1. The molecule has 0 fully saturated rings. The number of halogens is 1. The molecule has 0 radical (unpaired) electrons. The lowest BCUT2D eigenvalue weighted by molar-refractivity contribution is 0.514. The van der Waals surface area contributed by atoms with E-state index in [0.29, 0.717) is 23.3 Å². The Morgan fingerprint density at radius 2 is 1.83 bits per heavy atom. The Labute approximate surface area is 146 Å². The van der Waals surface area contributed by atoms with Crippen molar-refractivity contribution in [2.75, 3.05) is 5.32 Å². The number of hydrogen-bond acceptors (Lipinski definition) is 4. The second kappa shape index (κ2) is 6.65. The molecule has 24 heavy (non-hydrogen) atoms. The quantitative estimate of drug-likeness (QED) is 0.699. The molecule has 0 aliphatic carbocycles. The van der Waals surface area contributed by atoms with Gasteiger partial charge in [-0.25, -0.2) is 0 Å². The highest BCUT2D eigenvalue weighted by Crippen LogP contribution is 2.29. The van der Waals surface area contributed by atoms with Crippen molar-refractivity contribution in [3.8, 4) is 11.5 Å². The van der Waals surface area contributed by atoms with E-state index in [4.69, 9.17) is 16.0 Å². The van der Waals surface area contributed by atoms with Crippen molar-refractivity contribution in [1.29, 1.82) is 0 Å². The lowest BCUT2D eigenvalue weighted by Crippen LogP contribution is -2.14. The molecule has 0 atom stereocenters. The summed E-state index contributed by atoms with van der Waals surface area (Å²) in [5, 5.41) is 12.2. The second-order valence-electron chi connectivity index (χ2n) is 6.66. The van der Waals surface area contributed by atoms with E-state index in [1.54, 1.807) is 6.07 Å². The molecular weight excluding hydrogens is 322 g/mol. The van der Waals surface area contributed by atoms with Crippen molar-refractivity contribution in [3.05, 3.63) is 65.0 Å². The van der Waals surface area contributed by atoms with Gasteiger partial charge in [-0.3, -0.25) is 0 Å². The molecule has 1 aromatic heterocycles. The van der Waals surface area contributed by atoms with Gasteiger partial charge < -0.3 is 9.73 Å². The van der Waals surface area contributed by atoms with E-state index in [1.807, 2.05) is 24.3 Å². The van der Waals surface area contributed by atoms with Gasteiger partial charge in [-0.15, -0.1) is 10.2 Å². The monoisotopic (exact) mass is 341 g/mol. The number of benzene rings is 2. The normalized spacial score (nSPS) is 11.5. The van der Waals surface area contributed by atoms with Crippen LogP contribution in [-0.4, -0.2) is 10.2 Å². The summed E-state index contributed by atoms with van der Waals surface area (Å²) in [6, 6.07) is 15.6. The van der Waals surface area contributed by atoms with Crippen LogP contribution < -0.4 is 5.32 Å². The Balaban J connectivity index is 1.75. The van der Waals surface area contributed by atoms with Gasteiger partial charge in [0.1, 0.15) is 0 Å². The third kappa shape index (κ3) is 3.77. The number of anilines is 1. The third-order valence-electron chi connectivity index (χ3n) is 3.70. The predicted molar refractivity (Wildman–Crippen MR) is 97.2 cm³/mol. The topological polar surface area (TPSA) is 51.0 Å². The highest BCUT2D eigenvalue weighted by atomic mass is 35.5. The fourth-order valence-corrected chi connectivity index (χ4v) is 2.72. The molecule has 1 N–H and O–H groups in total. The summed E-state index contributed by atoms with van der Waals surface area (Å²) in [6.45, 7) is 7.05. The summed E-state index contributed by atoms with van der Waals surface area (Å²) in [6.07, 6.45) is 0. The van der Waals surface area contributed by atoms with Gasteiger partial charge in [-0.05, 0) is 35.2 Å². The van der Waals surface area contributed by atoms with Crippen LogP contribution in [0.1, 0.15) is 32.2 Å².